The second-order valence-electron chi connectivity index (χ2n) is 6.09. The van der Waals surface area contributed by atoms with Gasteiger partial charge in [0.25, 0.3) is 0 Å². The van der Waals surface area contributed by atoms with Gasteiger partial charge in [-0.25, -0.2) is 15.0 Å². The van der Waals surface area contributed by atoms with Crippen molar-refractivity contribution in [1.29, 1.82) is 0 Å². The summed E-state index contributed by atoms with van der Waals surface area (Å²) < 4.78 is 0. The molecule has 1 amide bonds. The molecule has 29 heavy (non-hydrogen) atoms. The zero-order chi connectivity index (χ0) is 20.4. The first kappa shape index (κ1) is 20.1. The number of carbonyl (C=O) groups excluding carboxylic acids is 1. The molecule has 3 heterocycles. The highest BCUT2D eigenvalue weighted by molar-refractivity contribution is 8.00. The maximum absolute atomic E-state index is 12.4. The molecule has 0 bridgehead atoms. The van der Waals surface area contributed by atoms with Crippen molar-refractivity contribution in [2.24, 2.45) is 0 Å². The lowest BCUT2D eigenvalue weighted by Crippen LogP contribution is -2.15. The van der Waals surface area contributed by atoms with Crippen molar-refractivity contribution in [1.82, 2.24) is 15.0 Å². The number of pyridine rings is 1. The average molecular weight is 461 g/mol. The Kier molecular flexibility index (Phi) is 6.01. The highest BCUT2D eigenvalue weighted by Gasteiger charge is 2.14. The van der Waals surface area contributed by atoms with Gasteiger partial charge in [0, 0.05) is 16.5 Å². The van der Waals surface area contributed by atoms with Crippen LogP contribution in [0.3, 0.4) is 0 Å². The van der Waals surface area contributed by atoms with E-state index >= 15 is 0 Å². The number of rotatable bonds is 5. The van der Waals surface area contributed by atoms with Crippen LogP contribution in [0.1, 0.15) is 5.82 Å². The van der Waals surface area contributed by atoms with Crippen LogP contribution in [-0.4, -0.2) is 26.6 Å². The Hall–Kier alpha value is -2.19. The van der Waals surface area contributed by atoms with Crippen LogP contribution in [0.2, 0.25) is 10.0 Å². The van der Waals surface area contributed by atoms with Crippen LogP contribution in [0.5, 0.6) is 0 Å². The maximum Gasteiger partial charge on any atom is 0.235 e. The van der Waals surface area contributed by atoms with Gasteiger partial charge < -0.3 is 5.32 Å². The van der Waals surface area contributed by atoms with Crippen molar-refractivity contribution in [2.75, 3.05) is 11.1 Å². The van der Waals surface area contributed by atoms with E-state index < -0.39 is 0 Å². The van der Waals surface area contributed by atoms with Crippen molar-refractivity contribution < 1.29 is 4.79 Å². The molecule has 146 valence electrons. The molecule has 9 heteroatoms. The molecule has 0 aliphatic heterocycles. The first-order chi connectivity index (χ1) is 14.0. The quantitative estimate of drug-likeness (QED) is 0.287. The smallest absolute Gasteiger partial charge is 0.235 e. The Morgan fingerprint density at radius 3 is 2.72 bits per heavy atom. The number of hydrogen-bond acceptors (Lipinski definition) is 6. The van der Waals surface area contributed by atoms with Gasteiger partial charge >= 0.3 is 0 Å². The van der Waals surface area contributed by atoms with Gasteiger partial charge in [-0.15, -0.1) is 11.3 Å². The van der Waals surface area contributed by atoms with Gasteiger partial charge in [0.15, 0.2) is 5.82 Å². The Morgan fingerprint density at radius 1 is 1.17 bits per heavy atom. The number of benzene rings is 1. The fraction of sp³-hybridized carbons (Fsp3) is 0.100. The molecular formula is C20H14Cl2N4OS2. The lowest BCUT2D eigenvalue weighted by molar-refractivity contribution is -0.113. The highest BCUT2D eigenvalue weighted by atomic mass is 35.5. The molecule has 0 aliphatic rings. The summed E-state index contributed by atoms with van der Waals surface area (Å²) in [6.45, 7) is 1.85. The molecule has 4 rings (SSSR count). The Morgan fingerprint density at radius 2 is 1.97 bits per heavy atom. The maximum atomic E-state index is 12.4. The molecule has 1 N–H and O–H groups in total. The lowest BCUT2D eigenvalue weighted by Gasteiger charge is -2.07. The number of fused-ring (bicyclic) bond motifs is 1. The topological polar surface area (TPSA) is 67.8 Å². The Bertz CT molecular complexity index is 1200. The van der Waals surface area contributed by atoms with E-state index in [-0.39, 0.29) is 17.5 Å². The molecule has 0 spiro atoms. The van der Waals surface area contributed by atoms with E-state index in [4.69, 9.17) is 23.2 Å². The molecule has 0 saturated heterocycles. The van der Waals surface area contributed by atoms with Crippen molar-refractivity contribution in [2.45, 2.75) is 11.9 Å². The van der Waals surface area contributed by atoms with Crippen LogP contribution in [0, 0.1) is 6.92 Å². The summed E-state index contributed by atoms with van der Waals surface area (Å²) >= 11 is 14.9. The predicted octanol–water partition coefficient (Wildman–Crippen LogP) is 6.10. The second kappa shape index (κ2) is 8.67. The monoisotopic (exact) mass is 460 g/mol. The molecule has 0 aliphatic carbocycles. The number of anilines is 1. The molecular weight excluding hydrogens is 447 g/mol. The third-order valence-corrected chi connectivity index (χ3v) is 6.50. The minimum absolute atomic E-state index is 0.169. The summed E-state index contributed by atoms with van der Waals surface area (Å²) in [6, 6.07) is 13.7. The minimum Gasteiger partial charge on any atom is -0.309 e. The normalized spacial score (nSPS) is 11.0. The first-order valence-electron chi connectivity index (χ1n) is 8.57. The summed E-state index contributed by atoms with van der Waals surface area (Å²) in [7, 11) is 0. The molecule has 0 saturated carbocycles. The molecule has 5 nitrogen and oxygen atoms in total. The van der Waals surface area contributed by atoms with Gasteiger partial charge in [0.2, 0.25) is 5.91 Å². The van der Waals surface area contributed by atoms with E-state index in [0.717, 1.165) is 25.7 Å². The first-order valence-corrected chi connectivity index (χ1v) is 11.1. The van der Waals surface area contributed by atoms with Crippen LogP contribution in [0.4, 0.5) is 5.82 Å². The number of amides is 1. The van der Waals surface area contributed by atoms with E-state index in [2.05, 4.69) is 38.5 Å². The average Bonchev–Trinajstić information content (AvgIpc) is 3.13. The molecule has 0 unspecified atom stereocenters. The Balaban J connectivity index is 1.54. The van der Waals surface area contributed by atoms with Gasteiger partial charge in [0.05, 0.1) is 15.8 Å². The predicted molar refractivity (Wildman–Crippen MR) is 121 cm³/mol. The zero-order valence-electron chi connectivity index (χ0n) is 15.1. The summed E-state index contributed by atoms with van der Waals surface area (Å²) in [5.74, 6) is 0.898. The number of nitrogens with zero attached hydrogens (tertiary/aromatic N) is 3. The highest BCUT2D eigenvalue weighted by Crippen LogP contribution is 2.36. The number of halogens is 2. The molecule has 1 aromatic carbocycles. The fourth-order valence-electron chi connectivity index (χ4n) is 2.66. The summed E-state index contributed by atoms with van der Waals surface area (Å²) in [5.41, 5.74) is 1.13. The van der Waals surface area contributed by atoms with Crippen LogP contribution in [-0.2, 0) is 4.79 Å². The number of hydrogen-bond donors (Lipinski definition) is 1. The fourth-order valence-corrected chi connectivity index (χ4v) is 5.08. The summed E-state index contributed by atoms with van der Waals surface area (Å²) in [4.78, 5) is 27.5. The molecule has 0 atom stereocenters. The summed E-state index contributed by atoms with van der Waals surface area (Å²) in [5, 5.41) is 5.12. The van der Waals surface area contributed by atoms with Crippen molar-refractivity contribution in [3.63, 3.8) is 0 Å². The van der Waals surface area contributed by atoms with Crippen LogP contribution < -0.4 is 5.32 Å². The molecule has 4 aromatic rings. The molecule has 0 fully saturated rings. The number of aromatic nitrogens is 3. The van der Waals surface area contributed by atoms with Gasteiger partial charge in [-0.3, -0.25) is 4.79 Å². The van der Waals surface area contributed by atoms with E-state index in [1.165, 1.54) is 24.0 Å². The van der Waals surface area contributed by atoms with E-state index in [1.807, 2.05) is 25.1 Å². The van der Waals surface area contributed by atoms with Crippen molar-refractivity contribution in [3.05, 3.63) is 64.5 Å². The number of carbonyl (C=O) groups is 1. The molecule has 0 radical (unpaired) electrons. The van der Waals surface area contributed by atoms with Gasteiger partial charge in [0.1, 0.15) is 15.7 Å². The van der Waals surface area contributed by atoms with Gasteiger partial charge in [-0.1, -0.05) is 65.3 Å². The van der Waals surface area contributed by atoms with Crippen molar-refractivity contribution >= 4 is 68.2 Å². The number of aryl methyl sites for hydroxylation is 1. The number of nitrogens with one attached hydrogen (secondary N) is 1. The number of thiophene rings is 1. The van der Waals surface area contributed by atoms with Crippen LogP contribution >= 0.6 is 46.3 Å². The van der Waals surface area contributed by atoms with E-state index in [1.54, 1.807) is 11.3 Å². The zero-order valence-corrected chi connectivity index (χ0v) is 18.3. The minimum atomic E-state index is -0.227. The standard InChI is InChI=1S/C20H14Cl2N4OS2/c1-11-24-19(28-10-17(27)26-18-15(22)7-13(21)9-23-18)14-8-16(29-20(14)25-11)12-5-3-2-4-6-12/h2-9H,10H2,1H3,(H,23,26,27). The Labute approximate surface area is 185 Å². The van der Waals surface area contributed by atoms with E-state index in [9.17, 15) is 4.79 Å². The van der Waals surface area contributed by atoms with Crippen LogP contribution in [0.15, 0.2) is 53.7 Å². The largest absolute Gasteiger partial charge is 0.309 e. The molecule has 3 aromatic heterocycles. The van der Waals surface area contributed by atoms with Crippen LogP contribution in [0.25, 0.3) is 20.7 Å². The summed E-state index contributed by atoms with van der Waals surface area (Å²) in [6.07, 6.45) is 1.43. The SMILES string of the molecule is Cc1nc(SCC(=O)Nc2ncc(Cl)cc2Cl)c2cc(-c3ccccc3)sc2n1. The van der Waals surface area contributed by atoms with E-state index in [0.29, 0.717) is 15.9 Å². The number of thioether (sulfide) groups is 1. The third-order valence-electron chi connectivity index (χ3n) is 3.93. The van der Waals surface area contributed by atoms with Gasteiger partial charge in [-0.2, -0.15) is 0 Å². The van der Waals surface area contributed by atoms with Crippen molar-refractivity contribution in [3.8, 4) is 10.4 Å². The third kappa shape index (κ3) is 4.70. The van der Waals surface area contributed by atoms with Gasteiger partial charge in [-0.05, 0) is 24.6 Å². The lowest BCUT2D eigenvalue weighted by atomic mass is 10.2. The second-order valence-corrected chi connectivity index (χ2v) is 8.93.